The second kappa shape index (κ2) is 2.95. The lowest BCUT2D eigenvalue weighted by Gasteiger charge is -1.99. The van der Waals surface area contributed by atoms with Gasteiger partial charge in [0, 0.05) is 18.3 Å². The van der Waals surface area contributed by atoms with Crippen LogP contribution in [0.4, 0.5) is 0 Å². The van der Waals surface area contributed by atoms with Crippen molar-refractivity contribution in [2.75, 3.05) is 0 Å². The molecule has 3 nitrogen and oxygen atoms in total. The van der Waals surface area contributed by atoms with Crippen molar-refractivity contribution < 1.29 is 0 Å². The van der Waals surface area contributed by atoms with Crippen LogP contribution in [-0.2, 0) is 6.54 Å². The minimum absolute atomic E-state index is 0.0659. The Hall–Kier alpha value is -0.990. The Morgan fingerprint density at radius 3 is 2.55 bits per heavy atom. The number of aryl methyl sites for hydroxylation is 1. The summed E-state index contributed by atoms with van der Waals surface area (Å²) in [6, 6.07) is 1.66. The van der Waals surface area contributed by atoms with E-state index in [2.05, 4.69) is 18.9 Å². The van der Waals surface area contributed by atoms with Gasteiger partial charge >= 0.3 is 0 Å². The molecule has 0 aliphatic rings. The van der Waals surface area contributed by atoms with Gasteiger partial charge in [-0.3, -0.25) is 14.6 Å². The van der Waals surface area contributed by atoms with Gasteiger partial charge in [-0.25, -0.2) is 0 Å². The van der Waals surface area contributed by atoms with E-state index >= 15 is 0 Å². The third kappa shape index (κ3) is 1.53. The molecule has 0 amide bonds. The average molecular weight is 154 g/mol. The molecule has 0 bridgehead atoms. The van der Waals surface area contributed by atoms with Gasteiger partial charge < -0.3 is 0 Å². The number of nitrogens with one attached hydrogen (secondary N) is 1. The maximum atomic E-state index is 11.1. The van der Waals surface area contributed by atoms with E-state index in [1.165, 1.54) is 0 Å². The van der Waals surface area contributed by atoms with Crippen molar-refractivity contribution in [3.63, 3.8) is 0 Å². The van der Waals surface area contributed by atoms with E-state index in [0.29, 0.717) is 12.5 Å². The number of H-pyrrole nitrogens is 1. The number of nitrogens with zero attached hydrogens (tertiary/aromatic N) is 1. The minimum atomic E-state index is 0.0659. The number of hydrogen-bond donors (Lipinski definition) is 1. The summed E-state index contributed by atoms with van der Waals surface area (Å²) in [7, 11) is 0. The van der Waals surface area contributed by atoms with Crippen molar-refractivity contribution >= 4 is 0 Å². The van der Waals surface area contributed by atoms with Crippen molar-refractivity contribution in [2.45, 2.75) is 33.2 Å². The molecular formula is C8H14N2O. The summed E-state index contributed by atoms with van der Waals surface area (Å²) in [5.74, 6) is 0.399. The normalized spacial score (nSPS) is 10.9. The van der Waals surface area contributed by atoms with Gasteiger partial charge in [0.05, 0.1) is 0 Å². The monoisotopic (exact) mass is 154 g/mol. The molecule has 0 unspecified atom stereocenters. The second-order valence-electron chi connectivity index (χ2n) is 2.95. The number of hydrogen-bond acceptors (Lipinski definition) is 1. The third-order valence-electron chi connectivity index (χ3n) is 1.75. The number of rotatable bonds is 2. The molecule has 1 aromatic heterocycles. The van der Waals surface area contributed by atoms with Crippen LogP contribution in [0.5, 0.6) is 0 Å². The van der Waals surface area contributed by atoms with Gasteiger partial charge in [0.15, 0.2) is 0 Å². The van der Waals surface area contributed by atoms with Crippen molar-refractivity contribution in [3.05, 3.63) is 22.1 Å². The van der Waals surface area contributed by atoms with Gasteiger partial charge in [-0.1, -0.05) is 13.8 Å². The van der Waals surface area contributed by atoms with Crippen molar-refractivity contribution in [2.24, 2.45) is 0 Å². The molecule has 11 heavy (non-hydrogen) atoms. The Labute approximate surface area is 66.0 Å². The quantitative estimate of drug-likeness (QED) is 0.685. The van der Waals surface area contributed by atoms with Crippen LogP contribution >= 0.6 is 0 Å². The summed E-state index contributed by atoms with van der Waals surface area (Å²) >= 11 is 0. The van der Waals surface area contributed by atoms with Gasteiger partial charge in [-0.2, -0.15) is 0 Å². The van der Waals surface area contributed by atoms with Crippen molar-refractivity contribution in [3.8, 4) is 0 Å². The molecule has 3 heteroatoms. The molecule has 0 aromatic carbocycles. The minimum Gasteiger partial charge on any atom is -0.299 e. The Morgan fingerprint density at radius 1 is 1.64 bits per heavy atom. The zero-order valence-corrected chi connectivity index (χ0v) is 7.22. The molecule has 0 radical (unpaired) electrons. The molecular weight excluding hydrogens is 140 g/mol. The maximum Gasteiger partial charge on any atom is 0.266 e. The number of aromatic amines is 1. The summed E-state index contributed by atoms with van der Waals surface area (Å²) in [5.41, 5.74) is 1.08. The number of aromatic nitrogens is 2. The summed E-state index contributed by atoms with van der Waals surface area (Å²) in [6.45, 7) is 6.78. The van der Waals surface area contributed by atoms with Gasteiger partial charge in [0.25, 0.3) is 5.56 Å². The predicted molar refractivity (Wildman–Crippen MR) is 44.8 cm³/mol. The van der Waals surface area contributed by atoms with E-state index in [9.17, 15) is 4.79 Å². The van der Waals surface area contributed by atoms with Crippen molar-refractivity contribution in [1.82, 2.24) is 9.78 Å². The predicted octanol–water partition coefficient (Wildman–Crippen LogP) is 1.32. The molecule has 1 N–H and O–H groups in total. The molecule has 0 atom stereocenters. The van der Waals surface area contributed by atoms with E-state index in [0.717, 1.165) is 5.69 Å². The Bertz CT molecular complexity index is 283. The molecule has 0 aliphatic heterocycles. The first-order chi connectivity index (χ1) is 5.15. The molecule has 1 rings (SSSR count). The average Bonchev–Trinajstić information content (AvgIpc) is 2.31. The first kappa shape index (κ1) is 8.11. The van der Waals surface area contributed by atoms with Crippen LogP contribution in [0, 0.1) is 0 Å². The highest BCUT2D eigenvalue weighted by Gasteiger charge is 2.03. The van der Waals surface area contributed by atoms with Crippen LogP contribution in [0.3, 0.4) is 0 Å². The van der Waals surface area contributed by atoms with E-state index in [4.69, 9.17) is 0 Å². The lowest BCUT2D eigenvalue weighted by Crippen LogP contribution is -2.13. The molecule has 0 saturated heterocycles. The summed E-state index contributed by atoms with van der Waals surface area (Å²) in [6.07, 6.45) is 0. The highest BCUT2D eigenvalue weighted by atomic mass is 16.1. The highest BCUT2D eigenvalue weighted by Crippen LogP contribution is 2.07. The largest absolute Gasteiger partial charge is 0.299 e. The zero-order valence-electron chi connectivity index (χ0n) is 7.22. The fourth-order valence-electron chi connectivity index (χ4n) is 0.985. The van der Waals surface area contributed by atoms with Crippen LogP contribution < -0.4 is 5.56 Å². The Kier molecular flexibility index (Phi) is 2.17. The molecule has 1 heterocycles. The lowest BCUT2D eigenvalue weighted by atomic mass is 10.1. The Balaban J connectivity index is 3.05. The van der Waals surface area contributed by atoms with Gasteiger partial charge in [0.2, 0.25) is 0 Å². The first-order valence-corrected chi connectivity index (χ1v) is 3.95. The maximum absolute atomic E-state index is 11.1. The summed E-state index contributed by atoms with van der Waals surface area (Å²) in [5, 5.41) is 3.03. The molecule has 0 aliphatic carbocycles. The van der Waals surface area contributed by atoms with Crippen LogP contribution in [-0.4, -0.2) is 9.78 Å². The lowest BCUT2D eigenvalue weighted by molar-refractivity contribution is 0.618. The van der Waals surface area contributed by atoms with E-state index < -0.39 is 0 Å². The molecule has 1 aromatic rings. The van der Waals surface area contributed by atoms with Crippen LogP contribution in [0.2, 0.25) is 0 Å². The standard InChI is InChI=1S/C8H14N2O/c1-4-10-8(11)5-7(9-10)6(2)3/h5-6,9H,4H2,1-3H3. The zero-order chi connectivity index (χ0) is 8.43. The molecule has 0 fully saturated rings. The fourth-order valence-corrected chi connectivity index (χ4v) is 0.985. The fraction of sp³-hybridized carbons (Fsp3) is 0.625. The smallest absolute Gasteiger partial charge is 0.266 e. The van der Waals surface area contributed by atoms with E-state index in [1.807, 2.05) is 6.92 Å². The van der Waals surface area contributed by atoms with Crippen molar-refractivity contribution in [1.29, 1.82) is 0 Å². The molecule has 0 saturated carbocycles. The summed E-state index contributed by atoms with van der Waals surface area (Å²) < 4.78 is 1.61. The first-order valence-electron chi connectivity index (χ1n) is 3.95. The van der Waals surface area contributed by atoms with Gasteiger partial charge in [-0.15, -0.1) is 0 Å². The van der Waals surface area contributed by atoms with Gasteiger partial charge in [0.1, 0.15) is 0 Å². The summed E-state index contributed by atoms with van der Waals surface area (Å²) in [4.78, 5) is 11.1. The van der Waals surface area contributed by atoms with Crippen LogP contribution in [0.15, 0.2) is 10.9 Å². The van der Waals surface area contributed by atoms with E-state index in [-0.39, 0.29) is 5.56 Å². The second-order valence-corrected chi connectivity index (χ2v) is 2.95. The molecule has 0 spiro atoms. The van der Waals surface area contributed by atoms with Gasteiger partial charge in [-0.05, 0) is 12.8 Å². The van der Waals surface area contributed by atoms with Crippen LogP contribution in [0.25, 0.3) is 0 Å². The third-order valence-corrected chi connectivity index (χ3v) is 1.75. The topological polar surface area (TPSA) is 37.8 Å². The Morgan fingerprint density at radius 2 is 2.27 bits per heavy atom. The molecule has 62 valence electrons. The SMILES string of the molecule is CCn1[nH]c(C(C)C)cc1=O. The highest BCUT2D eigenvalue weighted by molar-refractivity contribution is 5.03. The van der Waals surface area contributed by atoms with Crippen LogP contribution in [0.1, 0.15) is 32.4 Å². The van der Waals surface area contributed by atoms with E-state index in [1.54, 1.807) is 10.7 Å².